The van der Waals surface area contributed by atoms with Crippen molar-refractivity contribution < 1.29 is 0 Å². The Bertz CT molecular complexity index is 397. The number of thioether (sulfide) groups is 1. The van der Waals surface area contributed by atoms with Crippen LogP contribution in [0.3, 0.4) is 0 Å². The summed E-state index contributed by atoms with van der Waals surface area (Å²) in [7, 11) is 0. The molecule has 1 saturated carbocycles. The molecule has 3 atom stereocenters. The van der Waals surface area contributed by atoms with E-state index >= 15 is 0 Å². The van der Waals surface area contributed by atoms with Gasteiger partial charge in [0.2, 0.25) is 0 Å². The smallest absolute Gasteiger partial charge is 0.110 e. The normalized spacial score (nSPS) is 28.6. The molecule has 0 bridgehead atoms. The lowest BCUT2D eigenvalue weighted by atomic mass is 9.79. The molecule has 4 heteroatoms. The Hall–Kier alpha value is -0.0600. The van der Waals surface area contributed by atoms with Gasteiger partial charge in [-0.2, -0.15) is 0 Å². The van der Waals surface area contributed by atoms with Crippen LogP contribution in [0.5, 0.6) is 0 Å². The van der Waals surface area contributed by atoms with Crippen LogP contribution in [-0.4, -0.2) is 16.3 Å². The minimum absolute atomic E-state index is 0.305. The van der Waals surface area contributed by atoms with E-state index in [0.29, 0.717) is 11.3 Å². The SMILES string of the molecule is CC(C)C1CCC(N)C(Sc2ncccc2Br)C1. The van der Waals surface area contributed by atoms with Gasteiger partial charge in [-0.25, -0.2) is 4.98 Å². The van der Waals surface area contributed by atoms with E-state index in [9.17, 15) is 0 Å². The van der Waals surface area contributed by atoms with Crippen LogP contribution in [0, 0.1) is 11.8 Å². The first-order valence-corrected chi connectivity index (χ1v) is 8.28. The first kappa shape index (κ1) is 14.4. The zero-order chi connectivity index (χ0) is 13.1. The highest BCUT2D eigenvalue weighted by Gasteiger charge is 2.30. The highest BCUT2D eigenvalue weighted by atomic mass is 79.9. The van der Waals surface area contributed by atoms with Gasteiger partial charge in [-0.05, 0) is 59.2 Å². The molecule has 0 saturated heterocycles. The van der Waals surface area contributed by atoms with Crippen molar-refractivity contribution in [2.24, 2.45) is 17.6 Å². The van der Waals surface area contributed by atoms with Crippen LogP contribution in [0.1, 0.15) is 33.1 Å². The Balaban J connectivity index is 2.05. The van der Waals surface area contributed by atoms with Crippen molar-refractivity contribution in [1.29, 1.82) is 0 Å². The number of hydrogen-bond donors (Lipinski definition) is 1. The molecule has 1 aliphatic rings. The molecular weight excluding hydrogens is 308 g/mol. The summed E-state index contributed by atoms with van der Waals surface area (Å²) in [6.45, 7) is 4.64. The number of nitrogens with zero attached hydrogens (tertiary/aromatic N) is 1. The lowest BCUT2D eigenvalue weighted by Crippen LogP contribution is -2.39. The van der Waals surface area contributed by atoms with E-state index < -0.39 is 0 Å². The number of nitrogens with two attached hydrogens (primary N) is 1. The number of aromatic nitrogens is 1. The minimum atomic E-state index is 0.305. The molecule has 3 unspecified atom stereocenters. The molecule has 0 amide bonds. The Morgan fingerprint density at radius 2 is 2.22 bits per heavy atom. The van der Waals surface area contributed by atoms with Crippen molar-refractivity contribution in [2.75, 3.05) is 0 Å². The van der Waals surface area contributed by atoms with Crippen molar-refractivity contribution in [3.63, 3.8) is 0 Å². The van der Waals surface area contributed by atoms with Crippen LogP contribution in [0.25, 0.3) is 0 Å². The fraction of sp³-hybridized carbons (Fsp3) is 0.643. The van der Waals surface area contributed by atoms with Gasteiger partial charge in [-0.3, -0.25) is 0 Å². The summed E-state index contributed by atoms with van der Waals surface area (Å²) < 4.78 is 1.08. The molecule has 0 aliphatic heterocycles. The standard InChI is InChI=1S/C14H21BrN2S/c1-9(2)10-5-6-12(16)13(8-10)18-14-11(15)4-3-7-17-14/h3-4,7,9-10,12-13H,5-6,8,16H2,1-2H3. The largest absolute Gasteiger partial charge is 0.327 e. The molecule has 100 valence electrons. The van der Waals surface area contributed by atoms with Gasteiger partial charge in [-0.15, -0.1) is 11.8 Å². The fourth-order valence-electron chi connectivity index (χ4n) is 2.53. The topological polar surface area (TPSA) is 38.9 Å². The molecule has 0 aromatic carbocycles. The maximum Gasteiger partial charge on any atom is 0.110 e. The lowest BCUT2D eigenvalue weighted by Gasteiger charge is -2.35. The van der Waals surface area contributed by atoms with E-state index in [-0.39, 0.29) is 0 Å². The van der Waals surface area contributed by atoms with E-state index in [1.165, 1.54) is 12.8 Å². The second kappa shape index (κ2) is 6.40. The Morgan fingerprint density at radius 1 is 1.44 bits per heavy atom. The van der Waals surface area contributed by atoms with E-state index in [2.05, 4.69) is 34.8 Å². The third-order valence-electron chi connectivity index (χ3n) is 3.81. The highest BCUT2D eigenvalue weighted by molar-refractivity contribution is 9.10. The van der Waals surface area contributed by atoms with E-state index in [0.717, 1.165) is 27.8 Å². The van der Waals surface area contributed by atoms with Crippen molar-refractivity contribution >= 4 is 27.7 Å². The predicted molar refractivity (Wildman–Crippen MR) is 81.7 cm³/mol. The van der Waals surface area contributed by atoms with Crippen LogP contribution >= 0.6 is 27.7 Å². The summed E-state index contributed by atoms with van der Waals surface area (Å²) in [5, 5.41) is 1.57. The van der Waals surface area contributed by atoms with Crippen LogP contribution in [0.2, 0.25) is 0 Å². The summed E-state index contributed by atoms with van der Waals surface area (Å²) in [6, 6.07) is 4.30. The minimum Gasteiger partial charge on any atom is -0.327 e. The first-order valence-electron chi connectivity index (χ1n) is 6.60. The first-order chi connectivity index (χ1) is 8.58. The van der Waals surface area contributed by atoms with Crippen molar-refractivity contribution in [2.45, 2.75) is 49.4 Å². The van der Waals surface area contributed by atoms with Gasteiger partial charge in [-0.1, -0.05) is 13.8 Å². The summed E-state index contributed by atoms with van der Waals surface area (Å²) >= 11 is 5.40. The van der Waals surface area contributed by atoms with Gasteiger partial charge >= 0.3 is 0 Å². The zero-order valence-electron chi connectivity index (χ0n) is 11.0. The molecule has 1 aromatic rings. The van der Waals surface area contributed by atoms with E-state index in [1.54, 1.807) is 0 Å². The molecule has 1 fully saturated rings. The molecule has 1 aromatic heterocycles. The zero-order valence-corrected chi connectivity index (χ0v) is 13.4. The maximum atomic E-state index is 6.28. The van der Waals surface area contributed by atoms with Crippen LogP contribution in [-0.2, 0) is 0 Å². The van der Waals surface area contributed by atoms with Gasteiger partial charge in [0.05, 0.1) is 0 Å². The predicted octanol–water partition coefficient (Wildman–Crippen LogP) is 4.09. The van der Waals surface area contributed by atoms with Gasteiger partial charge < -0.3 is 5.73 Å². The molecule has 2 nitrogen and oxygen atoms in total. The lowest BCUT2D eigenvalue weighted by molar-refractivity contribution is 0.266. The summed E-state index contributed by atoms with van der Waals surface area (Å²) in [6.07, 6.45) is 5.48. The molecule has 2 N–H and O–H groups in total. The Morgan fingerprint density at radius 3 is 2.89 bits per heavy atom. The third kappa shape index (κ3) is 3.49. The van der Waals surface area contributed by atoms with Crippen LogP contribution in [0.4, 0.5) is 0 Å². The van der Waals surface area contributed by atoms with Crippen molar-refractivity contribution in [3.05, 3.63) is 22.8 Å². The second-order valence-corrected chi connectivity index (χ2v) is 7.51. The molecule has 2 rings (SSSR count). The van der Waals surface area contributed by atoms with Gasteiger partial charge in [0, 0.05) is 22.0 Å². The summed E-state index contributed by atoms with van der Waals surface area (Å²) in [4.78, 5) is 4.44. The average molecular weight is 329 g/mol. The molecular formula is C14H21BrN2S. The summed E-state index contributed by atoms with van der Waals surface area (Å²) in [5.74, 6) is 1.57. The molecule has 1 heterocycles. The highest BCUT2D eigenvalue weighted by Crippen LogP contribution is 2.39. The molecule has 1 aliphatic carbocycles. The monoisotopic (exact) mass is 328 g/mol. The number of rotatable bonds is 3. The van der Waals surface area contributed by atoms with Crippen LogP contribution in [0.15, 0.2) is 27.8 Å². The third-order valence-corrected chi connectivity index (χ3v) is 6.11. The van der Waals surface area contributed by atoms with Crippen LogP contribution < -0.4 is 5.73 Å². The Kier molecular flexibility index (Phi) is 5.10. The maximum absolute atomic E-state index is 6.28. The van der Waals surface area contributed by atoms with Crippen molar-refractivity contribution in [1.82, 2.24) is 4.98 Å². The molecule has 18 heavy (non-hydrogen) atoms. The molecule has 0 spiro atoms. The summed E-state index contributed by atoms with van der Waals surface area (Å²) in [5.41, 5.74) is 6.28. The number of halogens is 1. The number of hydrogen-bond acceptors (Lipinski definition) is 3. The quantitative estimate of drug-likeness (QED) is 0.908. The van der Waals surface area contributed by atoms with Crippen molar-refractivity contribution in [3.8, 4) is 0 Å². The second-order valence-electron chi connectivity index (χ2n) is 5.43. The number of pyridine rings is 1. The van der Waals surface area contributed by atoms with Gasteiger partial charge in [0.1, 0.15) is 5.03 Å². The molecule has 0 radical (unpaired) electrons. The average Bonchev–Trinajstić information content (AvgIpc) is 2.34. The fourth-order valence-corrected chi connectivity index (χ4v) is 4.30. The van der Waals surface area contributed by atoms with E-state index in [4.69, 9.17) is 5.73 Å². The van der Waals surface area contributed by atoms with E-state index in [1.807, 2.05) is 30.1 Å². The van der Waals surface area contributed by atoms with Gasteiger partial charge in [0.15, 0.2) is 0 Å². The van der Waals surface area contributed by atoms with Gasteiger partial charge in [0.25, 0.3) is 0 Å². The Labute approximate surface area is 122 Å².